The maximum Gasteiger partial charge on any atom is 0.235 e. The molecule has 0 saturated heterocycles. The Balaban J connectivity index is 2.14. The monoisotopic (exact) mass is 356 g/mol. The first-order chi connectivity index (χ1) is 11.8. The number of anilines is 1. The van der Waals surface area contributed by atoms with Crippen molar-refractivity contribution in [1.29, 1.82) is 0 Å². The number of hydrogen-bond acceptors (Lipinski definition) is 5. The summed E-state index contributed by atoms with van der Waals surface area (Å²) in [6.07, 6.45) is 0. The van der Waals surface area contributed by atoms with Crippen molar-refractivity contribution < 1.29 is 12.8 Å². The largest absolute Gasteiger partial charge is 0.419 e. The van der Waals surface area contributed by atoms with Gasteiger partial charge in [-0.3, -0.25) is 0 Å². The minimum Gasteiger partial charge on any atom is -0.419 e. The fourth-order valence-electron chi connectivity index (χ4n) is 2.40. The molecular formula is C19H20N2O3S. The molecule has 0 N–H and O–H groups in total. The van der Waals surface area contributed by atoms with Gasteiger partial charge in [-0.25, -0.2) is 8.42 Å². The number of rotatable bonds is 4. The quantitative estimate of drug-likeness (QED) is 0.710. The summed E-state index contributed by atoms with van der Waals surface area (Å²) in [4.78, 5) is 6.12. The van der Waals surface area contributed by atoms with Gasteiger partial charge < -0.3 is 9.32 Å². The van der Waals surface area contributed by atoms with Crippen LogP contribution in [-0.4, -0.2) is 27.5 Å². The van der Waals surface area contributed by atoms with Crippen LogP contribution in [0.2, 0.25) is 0 Å². The van der Waals surface area contributed by atoms with E-state index >= 15 is 0 Å². The van der Waals surface area contributed by atoms with Crippen molar-refractivity contribution in [3.63, 3.8) is 0 Å². The summed E-state index contributed by atoms with van der Waals surface area (Å²) in [5, 5.41) is -0.0723. The lowest BCUT2D eigenvalue weighted by molar-refractivity contribution is 0.564. The van der Waals surface area contributed by atoms with Crippen molar-refractivity contribution in [1.82, 2.24) is 4.98 Å². The minimum atomic E-state index is -3.77. The summed E-state index contributed by atoms with van der Waals surface area (Å²) in [5.74, 6) is 0.505. The Morgan fingerprint density at radius 2 is 1.40 bits per heavy atom. The van der Waals surface area contributed by atoms with Crippen LogP contribution < -0.4 is 4.90 Å². The van der Waals surface area contributed by atoms with E-state index in [0.717, 1.165) is 16.7 Å². The molecule has 1 heterocycles. The van der Waals surface area contributed by atoms with E-state index in [1.807, 2.05) is 38.1 Å². The molecular weight excluding hydrogens is 336 g/mol. The highest BCUT2D eigenvalue weighted by atomic mass is 32.2. The topological polar surface area (TPSA) is 63.4 Å². The Kier molecular flexibility index (Phi) is 4.39. The molecule has 0 radical (unpaired) electrons. The highest BCUT2D eigenvalue weighted by Gasteiger charge is 2.29. The molecule has 5 nitrogen and oxygen atoms in total. The molecule has 0 atom stereocenters. The molecule has 2 aromatic carbocycles. The van der Waals surface area contributed by atoms with Gasteiger partial charge in [-0.05, 0) is 38.1 Å². The van der Waals surface area contributed by atoms with E-state index in [2.05, 4.69) is 4.98 Å². The van der Waals surface area contributed by atoms with Crippen molar-refractivity contribution in [2.75, 3.05) is 19.0 Å². The van der Waals surface area contributed by atoms with Gasteiger partial charge in [-0.15, -0.1) is 0 Å². The molecule has 25 heavy (non-hydrogen) atoms. The number of benzene rings is 2. The van der Waals surface area contributed by atoms with Crippen LogP contribution in [0.3, 0.4) is 0 Å². The SMILES string of the molecule is Cc1ccc(-c2nc(S(=O)(=O)c3ccc(C)cc3)c(N(C)C)o2)cc1. The average molecular weight is 356 g/mol. The highest BCUT2D eigenvalue weighted by Crippen LogP contribution is 2.33. The lowest BCUT2D eigenvalue weighted by atomic mass is 10.1. The van der Waals surface area contributed by atoms with E-state index in [9.17, 15) is 8.42 Å². The summed E-state index contributed by atoms with van der Waals surface area (Å²) in [5.41, 5.74) is 2.84. The van der Waals surface area contributed by atoms with Gasteiger partial charge in [-0.1, -0.05) is 35.4 Å². The average Bonchev–Trinajstić information content (AvgIpc) is 3.02. The van der Waals surface area contributed by atoms with Crippen molar-refractivity contribution in [3.05, 3.63) is 59.7 Å². The van der Waals surface area contributed by atoms with Crippen molar-refractivity contribution in [2.24, 2.45) is 0 Å². The highest BCUT2D eigenvalue weighted by molar-refractivity contribution is 7.91. The number of aryl methyl sites for hydroxylation is 2. The van der Waals surface area contributed by atoms with Crippen LogP contribution in [0.25, 0.3) is 11.5 Å². The standard InChI is InChI=1S/C19H20N2O3S/c1-13-5-9-15(10-6-13)17-20-18(19(24-17)21(3)4)25(22,23)16-11-7-14(2)8-12-16/h5-12H,1-4H3. The second kappa shape index (κ2) is 6.37. The first kappa shape index (κ1) is 17.2. The lowest BCUT2D eigenvalue weighted by Crippen LogP contribution is -2.13. The van der Waals surface area contributed by atoms with E-state index in [1.54, 1.807) is 43.3 Å². The van der Waals surface area contributed by atoms with Crippen LogP contribution in [-0.2, 0) is 9.84 Å². The zero-order valence-corrected chi connectivity index (χ0v) is 15.5. The normalized spacial score (nSPS) is 11.5. The fourth-order valence-corrected chi connectivity index (χ4v) is 3.78. The minimum absolute atomic E-state index is 0.0723. The Labute approximate surface area is 147 Å². The van der Waals surface area contributed by atoms with Crippen LogP contribution in [0, 0.1) is 13.8 Å². The van der Waals surface area contributed by atoms with Gasteiger partial charge >= 0.3 is 0 Å². The molecule has 0 saturated carbocycles. The third-order valence-electron chi connectivity index (χ3n) is 3.87. The third-order valence-corrected chi connectivity index (χ3v) is 5.54. The van der Waals surface area contributed by atoms with Gasteiger partial charge in [0.05, 0.1) is 4.90 Å². The number of sulfone groups is 1. The predicted molar refractivity (Wildman–Crippen MR) is 97.6 cm³/mol. The third kappa shape index (κ3) is 3.30. The molecule has 1 aromatic heterocycles. The molecule has 0 aliphatic rings. The zero-order chi connectivity index (χ0) is 18.2. The number of oxazole rings is 1. The van der Waals surface area contributed by atoms with E-state index in [-0.39, 0.29) is 21.7 Å². The van der Waals surface area contributed by atoms with Gasteiger partial charge in [-0.2, -0.15) is 4.98 Å². The Bertz CT molecular complexity index is 986. The van der Waals surface area contributed by atoms with E-state index in [1.165, 1.54) is 0 Å². The van der Waals surface area contributed by atoms with Crippen LogP contribution in [0.15, 0.2) is 62.9 Å². The number of hydrogen-bond donors (Lipinski definition) is 0. The van der Waals surface area contributed by atoms with Crippen molar-refractivity contribution in [2.45, 2.75) is 23.8 Å². The lowest BCUT2D eigenvalue weighted by Gasteiger charge is -2.10. The van der Waals surface area contributed by atoms with Crippen LogP contribution in [0.1, 0.15) is 11.1 Å². The summed E-state index contributed by atoms with van der Waals surface area (Å²) >= 11 is 0. The molecule has 0 bridgehead atoms. The van der Waals surface area contributed by atoms with Crippen LogP contribution >= 0.6 is 0 Å². The van der Waals surface area contributed by atoms with Gasteiger partial charge in [0.15, 0.2) is 0 Å². The molecule has 130 valence electrons. The second-order valence-corrected chi connectivity index (χ2v) is 8.07. The predicted octanol–water partition coefficient (Wildman–Crippen LogP) is 3.86. The molecule has 0 fully saturated rings. The van der Waals surface area contributed by atoms with Crippen molar-refractivity contribution >= 4 is 15.7 Å². The fraction of sp³-hybridized carbons (Fsp3) is 0.211. The molecule has 0 aliphatic carbocycles. The molecule has 0 unspecified atom stereocenters. The second-order valence-electron chi connectivity index (χ2n) is 6.21. The number of aromatic nitrogens is 1. The molecule has 3 rings (SSSR count). The van der Waals surface area contributed by atoms with Gasteiger partial charge in [0.25, 0.3) is 0 Å². The number of nitrogens with zero attached hydrogens (tertiary/aromatic N) is 2. The van der Waals surface area contributed by atoms with E-state index < -0.39 is 9.84 Å². The molecule has 0 aliphatic heterocycles. The Hall–Kier alpha value is -2.60. The van der Waals surface area contributed by atoms with Crippen LogP contribution in [0.4, 0.5) is 5.88 Å². The summed E-state index contributed by atoms with van der Waals surface area (Å²) < 4.78 is 31.8. The summed E-state index contributed by atoms with van der Waals surface area (Å²) in [7, 11) is -0.314. The van der Waals surface area contributed by atoms with Crippen molar-refractivity contribution in [3.8, 4) is 11.5 Å². The summed E-state index contributed by atoms with van der Waals surface area (Å²) in [6, 6.07) is 14.3. The molecule has 6 heteroatoms. The summed E-state index contributed by atoms with van der Waals surface area (Å²) in [6.45, 7) is 3.89. The van der Waals surface area contributed by atoms with Gasteiger partial charge in [0.1, 0.15) is 0 Å². The first-order valence-electron chi connectivity index (χ1n) is 7.86. The van der Waals surface area contributed by atoms with E-state index in [4.69, 9.17) is 4.42 Å². The molecule has 0 amide bonds. The van der Waals surface area contributed by atoms with Gasteiger partial charge in [0.2, 0.25) is 26.6 Å². The molecule has 0 spiro atoms. The Morgan fingerprint density at radius 3 is 1.92 bits per heavy atom. The Morgan fingerprint density at radius 1 is 0.880 bits per heavy atom. The maximum atomic E-state index is 13.0. The molecule has 3 aromatic rings. The van der Waals surface area contributed by atoms with E-state index in [0.29, 0.717) is 0 Å². The zero-order valence-electron chi connectivity index (χ0n) is 14.6. The van der Waals surface area contributed by atoms with Crippen LogP contribution in [0.5, 0.6) is 0 Å². The first-order valence-corrected chi connectivity index (χ1v) is 9.34. The smallest absolute Gasteiger partial charge is 0.235 e. The maximum absolute atomic E-state index is 13.0. The van der Waals surface area contributed by atoms with Gasteiger partial charge in [0, 0.05) is 19.7 Å².